The minimum atomic E-state index is -0.361. The fourth-order valence-corrected chi connectivity index (χ4v) is 1.90. The molecule has 0 aliphatic rings. The summed E-state index contributed by atoms with van der Waals surface area (Å²) in [5, 5.41) is 5.92. The number of rotatable bonds is 3. The molecule has 2 amide bonds. The van der Waals surface area contributed by atoms with E-state index in [0.29, 0.717) is 16.3 Å². The highest BCUT2D eigenvalue weighted by Crippen LogP contribution is 2.19. The first-order valence-corrected chi connectivity index (χ1v) is 6.48. The summed E-state index contributed by atoms with van der Waals surface area (Å²) in [5.41, 5.74) is 2.26. The highest BCUT2D eigenvalue weighted by molar-refractivity contribution is 6.31. The first-order chi connectivity index (χ1) is 9.54. The van der Waals surface area contributed by atoms with Crippen molar-refractivity contribution in [1.29, 1.82) is 0 Å². The lowest BCUT2D eigenvalue weighted by Gasteiger charge is -2.10. The number of amides is 2. The summed E-state index contributed by atoms with van der Waals surface area (Å²) in [7, 11) is 0. The maximum absolute atomic E-state index is 13.0. The van der Waals surface area contributed by atoms with E-state index in [-0.39, 0.29) is 18.4 Å². The lowest BCUT2D eigenvalue weighted by Crippen LogP contribution is -2.28. The predicted molar refractivity (Wildman–Crippen MR) is 78.4 cm³/mol. The standard InChI is InChI=1S/C15H14ClFN2O/c1-10-5-6-12(16)8-14(10)19-15(20)18-9-11-3-2-4-13(17)7-11/h2-8H,9H2,1H3,(H2,18,19,20). The molecule has 0 aliphatic heterocycles. The number of carbonyl (C=O) groups is 1. The van der Waals surface area contributed by atoms with Gasteiger partial charge in [0, 0.05) is 17.3 Å². The molecule has 0 unspecified atom stereocenters. The molecule has 2 N–H and O–H groups in total. The molecule has 0 fully saturated rings. The van der Waals surface area contributed by atoms with Gasteiger partial charge in [0.05, 0.1) is 0 Å². The van der Waals surface area contributed by atoms with Gasteiger partial charge in [0.15, 0.2) is 0 Å². The Balaban J connectivity index is 1.94. The molecule has 104 valence electrons. The topological polar surface area (TPSA) is 41.1 Å². The van der Waals surface area contributed by atoms with Crippen LogP contribution in [0.4, 0.5) is 14.9 Å². The monoisotopic (exact) mass is 292 g/mol. The Labute approximate surface area is 121 Å². The quantitative estimate of drug-likeness (QED) is 0.878. The molecule has 0 bridgehead atoms. The lowest BCUT2D eigenvalue weighted by atomic mass is 10.2. The van der Waals surface area contributed by atoms with E-state index >= 15 is 0 Å². The first-order valence-electron chi connectivity index (χ1n) is 6.10. The molecule has 0 saturated heterocycles. The predicted octanol–water partition coefficient (Wildman–Crippen LogP) is 4.11. The van der Waals surface area contributed by atoms with Crippen LogP contribution in [0.2, 0.25) is 5.02 Å². The summed E-state index contributed by atoms with van der Waals surface area (Å²) >= 11 is 5.88. The molecule has 0 atom stereocenters. The summed E-state index contributed by atoms with van der Waals surface area (Å²) in [4.78, 5) is 11.8. The fraction of sp³-hybridized carbons (Fsp3) is 0.133. The SMILES string of the molecule is Cc1ccc(Cl)cc1NC(=O)NCc1cccc(F)c1. The highest BCUT2D eigenvalue weighted by Gasteiger charge is 2.05. The normalized spacial score (nSPS) is 10.2. The molecule has 5 heteroatoms. The molecule has 0 radical (unpaired) electrons. The number of hydrogen-bond acceptors (Lipinski definition) is 1. The molecule has 2 aromatic rings. The molecular formula is C15H14ClFN2O. The second kappa shape index (κ2) is 6.39. The minimum absolute atomic E-state index is 0.253. The zero-order chi connectivity index (χ0) is 14.5. The average Bonchev–Trinajstić information content (AvgIpc) is 2.41. The third kappa shape index (κ3) is 3.96. The van der Waals surface area contributed by atoms with Gasteiger partial charge >= 0.3 is 6.03 Å². The second-order valence-corrected chi connectivity index (χ2v) is 4.83. The number of urea groups is 1. The molecule has 0 saturated carbocycles. The van der Waals surface area contributed by atoms with Crippen LogP contribution in [0.25, 0.3) is 0 Å². The third-order valence-electron chi connectivity index (χ3n) is 2.79. The number of carbonyl (C=O) groups excluding carboxylic acids is 1. The van der Waals surface area contributed by atoms with Gasteiger partial charge in [-0.1, -0.05) is 29.8 Å². The summed E-state index contributed by atoms with van der Waals surface area (Å²) in [6.45, 7) is 2.13. The van der Waals surface area contributed by atoms with Crippen LogP contribution in [0.15, 0.2) is 42.5 Å². The number of aryl methyl sites for hydroxylation is 1. The van der Waals surface area contributed by atoms with Crippen molar-refractivity contribution >= 4 is 23.3 Å². The van der Waals surface area contributed by atoms with Gasteiger partial charge in [-0.05, 0) is 42.3 Å². The van der Waals surface area contributed by atoms with Crippen molar-refractivity contribution in [3.05, 3.63) is 64.4 Å². The Bertz CT molecular complexity index is 631. The van der Waals surface area contributed by atoms with E-state index < -0.39 is 0 Å². The molecule has 2 aromatic carbocycles. The van der Waals surface area contributed by atoms with E-state index in [1.54, 1.807) is 24.3 Å². The highest BCUT2D eigenvalue weighted by atomic mass is 35.5. The van der Waals surface area contributed by atoms with E-state index in [9.17, 15) is 9.18 Å². The van der Waals surface area contributed by atoms with Crippen molar-refractivity contribution in [3.63, 3.8) is 0 Å². The zero-order valence-corrected chi connectivity index (χ0v) is 11.7. The van der Waals surface area contributed by atoms with Crippen LogP contribution in [0.3, 0.4) is 0 Å². The Kier molecular flexibility index (Phi) is 4.58. The number of hydrogen-bond donors (Lipinski definition) is 2. The van der Waals surface area contributed by atoms with Crippen molar-refractivity contribution in [3.8, 4) is 0 Å². The van der Waals surface area contributed by atoms with Crippen LogP contribution in [0.1, 0.15) is 11.1 Å². The Hall–Kier alpha value is -2.07. The van der Waals surface area contributed by atoms with Gasteiger partial charge in [0.2, 0.25) is 0 Å². The van der Waals surface area contributed by atoms with E-state index in [0.717, 1.165) is 5.56 Å². The van der Waals surface area contributed by atoms with Gasteiger partial charge in [-0.2, -0.15) is 0 Å². The zero-order valence-electron chi connectivity index (χ0n) is 10.9. The maximum atomic E-state index is 13.0. The van der Waals surface area contributed by atoms with Crippen molar-refractivity contribution in [2.45, 2.75) is 13.5 Å². The van der Waals surface area contributed by atoms with Gasteiger partial charge in [0.25, 0.3) is 0 Å². The minimum Gasteiger partial charge on any atom is -0.334 e. The molecule has 3 nitrogen and oxygen atoms in total. The molecule has 0 spiro atoms. The summed E-state index contributed by atoms with van der Waals surface area (Å²) < 4.78 is 13.0. The maximum Gasteiger partial charge on any atom is 0.319 e. The van der Waals surface area contributed by atoms with Gasteiger partial charge in [0.1, 0.15) is 5.82 Å². The van der Waals surface area contributed by atoms with E-state index in [1.165, 1.54) is 12.1 Å². The van der Waals surface area contributed by atoms with Crippen LogP contribution in [-0.2, 0) is 6.54 Å². The number of nitrogens with one attached hydrogen (secondary N) is 2. The van der Waals surface area contributed by atoms with Crippen molar-refractivity contribution in [2.24, 2.45) is 0 Å². The second-order valence-electron chi connectivity index (χ2n) is 4.40. The largest absolute Gasteiger partial charge is 0.334 e. The number of halogens is 2. The average molecular weight is 293 g/mol. The lowest BCUT2D eigenvalue weighted by molar-refractivity contribution is 0.251. The molecule has 0 aromatic heterocycles. The van der Waals surface area contributed by atoms with E-state index in [2.05, 4.69) is 10.6 Å². The summed E-state index contributed by atoms with van der Waals surface area (Å²) in [6.07, 6.45) is 0. The Morgan fingerprint density at radius 2 is 2.05 bits per heavy atom. The van der Waals surface area contributed by atoms with Gasteiger partial charge in [-0.3, -0.25) is 0 Å². The van der Waals surface area contributed by atoms with E-state index in [4.69, 9.17) is 11.6 Å². The molecular weight excluding hydrogens is 279 g/mol. The van der Waals surface area contributed by atoms with Crippen LogP contribution in [-0.4, -0.2) is 6.03 Å². The smallest absolute Gasteiger partial charge is 0.319 e. The van der Waals surface area contributed by atoms with Gasteiger partial charge in [-0.25, -0.2) is 9.18 Å². The summed E-state index contributed by atoms with van der Waals surface area (Å²) in [6, 6.07) is 11.0. The van der Waals surface area contributed by atoms with Crippen LogP contribution < -0.4 is 10.6 Å². The number of benzene rings is 2. The molecule has 2 rings (SSSR count). The Morgan fingerprint density at radius 3 is 2.80 bits per heavy atom. The third-order valence-corrected chi connectivity index (χ3v) is 3.03. The fourth-order valence-electron chi connectivity index (χ4n) is 1.72. The van der Waals surface area contributed by atoms with Crippen molar-refractivity contribution in [1.82, 2.24) is 5.32 Å². The van der Waals surface area contributed by atoms with Gasteiger partial charge in [-0.15, -0.1) is 0 Å². The van der Waals surface area contributed by atoms with Crippen LogP contribution in [0.5, 0.6) is 0 Å². The molecule has 0 aliphatic carbocycles. The molecule has 20 heavy (non-hydrogen) atoms. The van der Waals surface area contributed by atoms with Gasteiger partial charge < -0.3 is 10.6 Å². The van der Waals surface area contributed by atoms with Crippen LogP contribution >= 0.6 is 11.6 Å². The first kappa shape index (κ1) is 14.3. The number of anilines is 1. The van der Waals surface area contributed by atoms with Crippen molar-refractivity contribution < 1.29 is 9.18 Å². The van der Waals surface area contributed by atoms with Crippen molar-refractivity contribution in [2.75, 3.05) is 5.32 Å². The van der Waals surface area contributed by atoms with E-state index in [1.807, 2.05) is 13.0 Å². The van der Waals surface area contributed by atoms with Crippen LogP contribution in [0, 0.1) is 12.7 Å². The molecule has 0 heterocycles. The Morgan fingerprint density at radius 1 is 1.25 bits per heavy atom. The summed E-state index contributed by atoms with van der Waals surface area (Å²) in [5.74, 6) is -0.324.